The molecule has 0 saturated carbocycles. The maximum atomic E-state index is 13.3. The summed E-state index contributed by atoms with van der Waals surface area (Å²) in [5.41, 5.74) is 3.41. The van der Waals surface area contributed by atoms with Crippen LogP contribution in [0.2, 0.25) is 0 Å². The lowest BCUT2D eigenvalue weighted by molar-refractivity contribution is 0.584. The second-order valence-electron chi connectivity index (χ2n) is 8.25. The molecule has 4 nitrogen and oxygen atoms in total. The van der Waals surface area contributed by atoms with Crippen molar-refractivity contribution >= 4 is 15.9 Å². The minimum atomic E-state index is -0.594. The lowest BCUT2D eigenvalue weighted by atomic mass is 10.1. The third-order valence-electron chi connectivity index (χ3n) is 5.39. The smallest absolute Gasteiger partial charge is 0.135 e. The van der Waals surface area contributed by atoms with Gasteiger partial charge in [0, 0.05) is 52.5 Å². The Morgan fingerprint density at radius 2 is 0.854 bits per heavy atom. The van der Waals surface area contributed by atoms with Crippen LogP contribution in [0.4, 0.5) is 17.6 Å². The predicted octanol–water partition coefficient (Wildman–Crippen LogP) is 8.96. The SMILES string of the molecule is Brc1ccnc(-c2ccccn2)c1.Fc1ccc(-c2ccccn2)c(F)c1.Fc1ccc(-c2ccccn2)c(F)c1. The van der Waals surface area contributed by atoms with Crippen molar-refractivity contribution in [2.24, 2.45) is 0 Å². The van der Waals surface area contributed by atoms with Crippen molar-refractivity contribution in [1.82, 2.24) is 19.9 Å². The van der Waals surface area contributed by atoms with Crippen LogP contribution in [0.15, 0.2) is 132 Å². The number of pyridine rings is 4. The molecule has 4 heterocycles. The summed E-state index contributed by atoms with van der Waals surface area (Å²) < 4.78 is 52.7. The molecule has 9 heteroatoms. The van der Waals surface area contributed by atoms with E-state index in [9.17, 15) is 17.6 Å². The summed E-state index contributed by atoms with van der Waals surface area (Å²) in [6.45, 7) is 0. The molecule has 0 fully saturated rings. The second kappa shape index (κ2) is 14.6. The molecule has 204 valence electrons. The Balaban J connectivity index is 0.000000142. The molecule has 0 aliphatic carbocycles. The first-order valence-corrected chi connectivity index (χ1v) is 13.0. The van der Waals surface area contributed by atoms with Gasteiger partial charge < -0.3 is 0 Å². The lowest BCUT2D eigenvalue weighted by Crippen LogP contribution is -1.88. The van der Waals surface area contributed by atoms with Crippen molar-refractivity contribution in [3.63, 3.8) is 0 Å². The molecular weight excluding hydrogens is 596 g/mol. The van der Waals surface area contributed by atoms with Gasteiger partial charge in [0.1, 0.15) is 23.3 Å². The van der Waals surface area contributed by atoms with Crippen LogP contribution in [0.5, 0.6) is 0 Å². The molecule has 2 aromatic carbocycles. The summed E-state index contributed by atoms with van der Waals surface area (Å²) in [6, 6.07) is 26.9. The van der Waals surface area contributed by atoms with Crippen molar-refractivity contribution in [2.45, 2.75) is 0 Å². The zero-order valence-electron chi connectivity index (χ0n) is 21.3. The number of hydrogen-bond acceptors (Lipinski definition) is 4. The summed E-state index contributed by atoms with van der Waals surface area (Å²) in [7, 11) is 0. The van der Waals surface area contributed by atoms with Crippen LogP contribution in [0, 0.1) is 23.3 Å². The minimum absolute atomic E-state index is 0.312. The van der Waals surface area contributed by atoms with E-state index in [0.29, 0.717) is 22.5 Å². The average molecular weight is 617 g/mol. The standard InChI is InChI=1S/2C11H7F2N.C10H7BrN2/c2*12-8-4-5-9(10(13)7-8)11-3-1-2-6-14-11;11-8-4-6-13-10(7-8)9-3-1-2-5-12-9/h2*1-7H;1-7H. The topological polar surface area (TPSA) is 51.6 Å². The van der Waals surface area contributed by atoms with E-state index in [4.69, 9.17) is 0 Å². The molecule has 4 aromatic heterocycles. The largest absolute Gasteiger partial charge is 0.256 e. The molecule has 0 saturated heterocycles. The van der Waals surface area contributed by atoms with Gasteiger partial charge in [0.25, 0.3) is 0 Å². The monoisotopic (exact) mass is 616 g/mol. The Labute approximate surface area is 242 Å². The molecule has 0 amide bonds. The van der Waals surface area contributed by atoms with Crippen LogP contribution in [0.1, 0.15) is 0 Å². The second-order valence-corrected chi connectivity index (χ2v) is 9.17. The van der Waals surface area contributed by atoms with Crippen LogP contribution in [0.25, 0.3) is 33.9 Å². The van der Waals surface area contributed by atoms with E-state index < -0.39 is 23.3 Å². The van der Waals surface area contributed by atoms with Gasteiger partial charge in [-0.3, -0.25) is 19.9 Å². The van der Waals surface area contributed by atoms with Crippen LogP contribution < -0.4 is 0 Å². The highest BCUT2D eigenvalue weighted by atomic mass is 79.9. The maximum Gasteiger partial charge on any atom is 0.135 e. The van der Waals surface area contributed by atoms with E-state index in [-0.39, 0.29) is 0 Å². The number of benzene rings is 2. The van der Waals surface area contributed by atoms with E-state index in [1.54, 1.807) is 61.2 Å². The van der Waals surface area contributed by atoms with E-state index in [0.717, 1.165) is 28.0 Å². The Hall–Kier alpha value is -4.76. The van der Waals surface area contributed by atoms with Crippen LogP contribution in [-0.2, 0) is 0 Å². The molecule has 0 spiro atoms. The Morgan fingerprint density at radius 3 is 1.24 bits per heavy atom. The van der Waals surface area contributed by atoms with E-state index in [1.165, 1.54) is 24.3 Å². The first-order valence-electron chi connectivity index (χ1n) is 12.2. The average Bonchev–Trinajstić information content (AvgIpc) is 2.99. The van der Waals surface area contributed by atoms with Crippen molar-refractivity contribution in [1.29, 1.82) is 0 Å². The number of hydrogen-bond donors (Lipinski definition) is 0. The lowest BCUT2D eigenvalue weighted by Gasteiger charge is -2.01. The van der Waals surface area contributed by atoms with Crippen LogP contribution >= 0.6 is 15.9 Å². The molecule has 0 aliphatic heterocycles. The van der Waals surface area contributed by atoms with Gasteiger partial charge in [-0.15, -0.1) is 0 Å². The highest BCUT2D eigenvalue weighted by molar-refractivity contribution is 9.10. The van der Waals surface area contributed by atoms with Gasteiger partial charge in [0.05, 0.1) is 22.8 Å². The highest BCUT2D eigenvalue weighted by Gasteiger charge is 2.07. The highest BCUT2D eigenvalue weighted by Crippen LogP contribution is 2.22. The third-order valence-corrected chi connectivity index (χ3v) is 5.89. The fourth-order valence-corrected chi connectivity index (χ4v) is 3.83. The van der Waals surface area contributed by atoms with E-state index >= 15 is 0 Å². The summed E-state index contributed by atoms with van der Waals surface area (Å²) in [5, 5.41) is 0. The fraction of sp³-hybridized carbons (Fsp3) is 0. The van der Waals surface area contributed by atoms with Gasteiger partial charge in [0.15, 0.2) is 0 Å². The zero-order valence-corrected chi connectivity index (χ0v) is 22.9. The van der Waals surface area contributed by atoms with Crippen LogP contribution in [0.3, 0.4) is 0 Å². The molecule has 0 unspecified atom stereocenters. The Morgan fingerprint density at radius 1 is 0.415 bits per heavy atom. The van der Waals surface area contributed by atoms with Gasteiger partial charge >= 0.3 is 0 Å². The molecule has 6 rings (SSSR count). The molecule has 0 N–H and O–H groups in total. The molecule has 6 aromatic rings. The Bertz CT molecular complexity index is 1600. The fourth-order valence-electron chi connectivity index (χ4n) is 3.50. The molecule has 0 atom stereocenters. The van der Waals surface area contributed by atoms with Gasteiger partial charge in [-0.2, -0.15) is 0 Å². The third kappa shape index (κ3) is 8.61. The Kier molecular flexibility index (Phi) is 10.4. The first-order chi connectivity index (χ1) is 19.9. The van der Waals surface area contributed by atoms with Gasteiger partial charge in [-0.1, -0.05) is 34.1 Å². The summed E-state index contributed by atoms with van der Waals surface area (Å²) in [6.07, 6.45) is 6.66. The summed E-state index contributed by atoms with van der Waals surface area (Å²) >= 11 is 3.39. The first kappa shape index (κ1) is 29.2. The molecule has 0 radical (unpaired) electrons. The maximum absolute atomic E-state index is 13.3. The number of halogens is 5. The number of aromatic nitrogens is 4. The molecule has 0 aliphatic rings. The minimum Gasteiger partial charge on any atom is -0.256 e. The summed E-state index contributed by atoms with van der Waals surface area (Å²) in [5.74, 6) is -2.35. The molecule has 0 bridgehead atoms. The van der Waals surface area contributed by atoms with Gasteiger partial charge in [0.2, 0.25) is 0 Å². The zero-order chi connectivity index (χ0) is 29.0. The van der Waals surface area contributed by atoms with Crippen LogP contribution in [-0.4, -0.2) is 19.9 Å². The van der Waals surface area contributed by atoms with Crippen molar-refractivity contribution in [3.8, 4) is 33.9 Å². The number of nitrogens with zero attached hydrogens (tertiary/aromatic N) is 4. The van der Waals surface area contributed by atoms with Gasteiger partial charge in [-0.25, -0.2) is 17.6 Å². The van der Waals surface area contributed by atoms with Crippen molar-refractivity contribution < 1.29 is 17.6 Å². The van der Waals surface area contributed by atoms with Gasteiger partial charge in [-0.05, 0) is 72.8 Å². The number of rotatable bonds is 3. The van der Waals surface area contributed by atoms with Crippen molar-refractivity contribution in [2.75, 3.05) is 0 Å². The quantitative estimate of drug-likeness (QED) is 0.186. The van der Waals surface area contributed by atoms with E-state index in [1.807, 2.05) is 30.3 Å². The normalized spacial score (nSPS) is 10.1. The predicted molar refractivity (Wildman–Crippen MR) is 154 cm³/mol. The summed E-state index contributed by atoms with van der Waals surface area (Å²) in [4.78, 5) is 16.4. The molecule has 41 heavy (non-hydrogen) atoms. The molecular formula is C32H21BrF4N4. The van der Waals surface area contributed by atoms with Crippen molar-refractivity contribution in [3.05, 3.63) is 156 Å². The van der Waals surface area contributed by atoms with E-state index in [2.05, 4.69) is 35.9 Å².